The topological polar surface area (TPSA) is 54.0 Å². The summed E-state index contributed by atoms with van der Waals surface area (Å²) in [5.74, 6) is 0. The first-order valence-corrected chi connectivity index (χ1v) is 7.50. The van der Waals surface area contributed by atoms with Gasteiger partial charge in [0.1, 0.15) is 6.04 Å². The lowest BCUT2D eigenvalue weighted by molar-refractivity contribution is -0.152. The summed E-state index contributed by atoms with van der Waals surface area (Å²) >= 11 is 0. The number of alkyl halides is 3. The number of carbonyl (C=O) groups is 1. The molecule has 1 atom stereocenters. The van der Waals surface area contributed by atoms with Crippen LogP contribution in [0.4, 0.5) is 18.0 Å². The minimum Gasteiger partial charge on any atom is -0.338 e. The van der Waals surface area contributed by atoms with E-state index in [2.05, 4.69) is 10.3 Å². The first-order valence-electron chi connectivity index (χ1n) is 7.50. The van der Waals surface area contributed by atoms with Gasteiger partial charge in [0.25, 0.3) is 0 Å². The first kappa shape index (κ1) is 17.8. The van der Waals surface area contributed by atoms with E-state index in [0.29, 0.717) is 12.0 Å². The number of nitrogens with one attached hydrogen (secondary N) is 2. The molecule has 0 spiro atoms. The molecular formula is C17H18F3N3O. The van der Waals surface area contributed by atoms with Crippen LogP contribution in [-0.2, 0) is 12.8 Å². The largest absolute Gasteiger partial charge is 0.408 e. The van der Waals surface area contributed by atoms with E-state index in [1.54, 1.807) is 48.7 Å². The summed E-state index contributed by atoms with van der Waals surface area (Å²) in [6, 6.07) is 10.8. The predicted octanol–water partition coefficient (Wildman–Crippen LogP) is 3.10. The van der Waals surface area contributed by atoms with Crippen molar-refractivity contribution >= 4 is 6.03 Å². The SMILES string of the molecule is O=C(NCCc1ccccn1)N[C@@H](Cc1ccccc1)C(F)(F)F. The van der Waals surface area contributed by atoms with Gasteiger partial charge in [-0.1, -0.05) is 36.4 Å². The summed E-state index contributed by atoms with van der Waals surface area (Å²) in [4.78, 5) is 15.8. The van der Waals surface area contributed by atoms with Crippen molar-refractivity contribution in [2.24, 2.45) is 0 Å². The van der Waals surface area contributed by atoms with Crippen LogP contribution in [0.2, 0.25) is 0 Å². The molecule has 128 valence electrons. The molecule has 0 unspecified atom stereocenters. The second kappa shape index (κ2) is 8.33. The smallest absolute Gasteiger partial charge is 0.338 e. The van der Waals surface area contributed by atoms with Crippen LogP contribution >= 0.6 is 0 Å². The lowest BCUT2D eigenvalue weighted by atomic mass is 10.1. The number of amides is 2. The van der Waals surface area contributed by atoms with E-state index >= 15 is 0 Å². The maximum absolute atomic E-state index is 13.1. The third-order valence-electron chi connectivity index (χ3n) is 3.38. The summed E-state index contributed by atoms with van der Waals surface area (Å²) in [7, 11) is 0. The van der Waals surface area contributed by atoms with Crippen LogP contribution in [-0.4, -0.2) is 29.8 Å². The van der Waals surface area contributed by atoms with Gasteiger partial charge >= 0.3 is 12.2 Å². The molecule has 0 saturated carbocycles. The van der Waals surface area contributed by atoms with E-state index in [9.17, 15) is 18.0 Å². The minimum atomic E-state index is -4.52. The second-order valence-corrected chi connectivity index (χ2v) is 5.26. The molecule has 2 aromatic rings. The Morgan fingerprint density at radius 2 is 1.79 bits per heavy atom. The normalized spacial score (nSPS) is 12.5. The second-order valence-electron chi connectivity index (χ2n) is 5.26. The molecule has 0 bridgehead atoms. The summed E-state index contributed by atoms with van der Waals surface area (Å²) in [5, 5.41) is 4.43. The molecule has 1 aromatic carbocycles. The van der Waals surface area contributed by atoms with Crippen molar-refractivity contribution in [3.05, 3.63) is 66.0 Å². The van der Waals surface area contributed by atoms with Crippen molar-refractivity contribution in [1.82, 2.24) is 15.6 Å². The Kier molecular flexibility index (Phi) is 6.17. The van der Waals surface area contributed by atoms with Crippen LogP contribution in [0, 0.1) is 0 Å². The number of nitrogens with zero attached hydrogens (tertiary/aromatic N) is 1. The number of halogens is 3. The van der Waals surface area contributed by atoms with Gasteiger partial charge in [0.05, 0.1) is 0 Å². The van der Waals surface area contributed by atoms with Gasteiger partial charge in [-0.3, -0.25) is 4.98 Å². The van der Waals surface area contributed by atoms with Crippen LogP contribution in [0.1, 0.15) is 11.3 Å². The average molecular weight is 337 g/mol. The maximum Gasteiger partial charge on any atom is 0.408 e. The van der Waals surface area contributed by atoms with Crippen LogP contribution in [0.5, 0.6) is 0 Å². The zero-order chi connectivity index (χ0) is 17.4. The standard InChI is InChI=1S/C17H18F3N3O/c18-17(19,20)15(12-13-6-2-1-3-7-13)23-16(24)22-11-9-14-8-4-5-10-21-14/h1-8,10,15H,9,11-12H2,(H2,22,23,24)/t15-/m0/s1. The van der Waals surface area contributed by atoms with Gasteiger partial charge in [-0.2, -0.15) is 13.2 Å². The molecule has 2 N–H and O–H groups in total. The monoisotopic (exact) mass is 337 g/mol. The molecule has 1 aromatic heterocycles. The first-order chi connectivity index (χ1) is 11.4. The molecule has 2 rings (SSSR count). The van der Waals surface area contributed by atoms with Gasteiger partial charge in [0.15, 0.2) is 0 Å². The van der Waals surface area contributed by atoms with Crippen LogP contribution in [0.3, 0.4) is 0 Å². The minimum absolute atomic E-state index is 0.207. The number of urea groups is 1. The average Bonchev–Trinajstić information content (AvgIpc) is 2.55. The Bertz CT molecular complexity index is 633. The highest BCUT2D eigenvalue weighted by Gasteiger charge is 2.40. The number of hydrogen-bond donors (Lipinski definition) is 2. The molecule has 0 aliphatic carbocycles. The van der Waals surface area contributed by atoms with Crippen molar-refractivity contribution < 1.29 is 18.0 Å². The molecule has 0 radical (unpaired) electrons. The fourth-order valence-electron chi connectivity index (χ4n) is 2.16. The van der Waals surface area contributed by atoms with Crippen LogP contribution in [0.15, 0.2) is 54.7 Å². The highest BCUT2D eigenvalue weighted by molar-refractivity contribution is 5.74. The third kappa shape index (κ3) is 5.91. The molecule has 0 fully saturated rings. The van der Waals surface area contributed by atoms with Crippen molar-refractivity contribution in [2.45, 2.75) is 25.1 Å². The predicted molar refractivity (Wildman–Crippen MR) is 84.5 cm³/mol. The maximum atomic E-state index is 13.1. The van der Waals surface area contributed by atoms with Crippen LogP contribution in [0.25, 0.3) is 0 Å². The number of hydrogen-bond acceptors (Lipinski definition) is 2. The summed E-state index contributed by atoms with van der Waals surface area (Å²) in [5.41, 5.74) is 1.27. The molecule has 0 saturated heterocycles. The summed E-state index contributed by atoms with van der Waals surface area (Å²) in [6.45, 7) is 0.207. The van der Waals surface area contributed by atoms with Gasteiger partial charge in [0.2, 0.25) is 0 Å². The fourth-order valence-corrected chi connectivity index (χ4v) is 2.16. The highest BCUT2D eigenvalue weighted by Crippen LogP contribution is 2.23. The van der Waals surface area contributed by atoms with Gasteiger partial charge in [0, 0.05) is 31.3 Å². The molecular weight excluding hydrogens is 319 g/mol. The van der Waals surface area contributed by atoms with Crippen molar-refractivity contribution in [3.63, 3.8) is 0 Å². The Morgan fingerprint density at radius 3 is 2.42 bits per heavy atom. The molecule has 4 nitrogen and oxygen atoms in total. The van der Waals surface area contributed by atoms with Crippen LogP contribution < -0.4 is 10.6 Å². The zero-order valence-electron chi connectivity index (χ0n) is 12.9. The lowest BCUT2D eigenvalue weighted by Gasteiger charge is -2.22. The van der Waals surface area contributed by atoms with Crippen molar-refractivity contribution in [3.8, 4) is 0 Å². The number of carbonyl (C=O) groups excluding carboxylic acids is 1. The zero-order valence-corrected chi connectivity index (χ0v) is 12.9. The van der Waals surface area contributed by atoms with E-state index in [1.165, 1.54) is 0 Å². The molecule has 0 aliphatic rings. The number of benzene rings is 1. The Balaban J connectivity index is 1.85. The molecule has 24 heavy (non-hydrogen) atoms. The number of pyridine rings is 1. The van der Waals surface area contributed by atoms with Gasteiger partial charge in [-0.15, -0.1) is 0 Å². The van der Waals surface area contributed by atoms with E-state index in [0.717, 1.165) is 5.69 Å². The summed E-state index contributed by atoms with van der Waals surface area (Å²) in [6.07, 6.45) is -2.76. The van der Waals surface area contributed by atoms with E-state index in [4.69, 9.17) is 0 Å². The number of aromatic nitrogens is 1. The summed E-state index contributed by atoms with van der Waals surface area (Å²) < 4.78 is 39.3. The Hall–Kier alpha value is -2.57. The molecule has 0 aliphatic heterocycles. The van der Waals surface area contributed by atoms with Gasteiger partial charge in [-0.25, -0.2) is 4.79 Å². The molecule has 2 amide bonds. The van der Waals surface area contributed by atoms with Gasteiger partial charge in [-0.05, 0) is 17.7 Å². The van der Waals surface area contributed by atoms with E-state index in [1.807, 2.05) is 11.4 Å². The quantitative estimate of drug-likeness (QED) is 0.851. The van der Waals surface area contributed by atoms with E-state index < -0.39 is 18.2 Å². The lowest BCUT2D eigenvalue weighted by Crippen LogP contribution is -2.50. The molecule has 1 heterocycles. The Morgan fingerprint density at radius 1 is 1.08 bits per heavy atom. The number of rotatable bonds is 6. The highest BCUT2D eigenvalue weighted by atomic mass is 19.4. The van der Waals surface area contributed by atoms with Crippen molar-refractivity contribution in [2.75, 3.05) is 6.54 Å². The fraction of sp³-hybridized carbons (Fsp3) is 0.294. The van der Waals surface area contributed by atoms with Gasteiger partial charge < -0.3 is 10.6 Å². The third-order valence-corrected chi connectivity index (χ3v) is 3.38. The molecule has 7 heteroatoms. The van der Waals surface area contributed by atoms with Crippen molar-refractivity contribution in [1.29, 1.82) is 0 Å². The van der Waals surface area contributed by atoms with E-state index in [-0.39, 0.29) is 13.0 Å². The Labute approximate surface area is 138 Å².